The van der Waals surface area contributed by atoms with Gasteiger partial charge < -0.3 is 10.1 Å². The molecule has 0 fully saturated rings. The third-order valence-electron chi connectivity index (χ3n) is 3.68. The van der Waals surface area contributed by atoms with E-state index < -0.39 is 4.92 Å². The minimum Gasteiger partial charge on any atom is -0.494 e. The number of benzene rings is 2. The van der Waals surface area contributed by atoms with Crippen molar-refractivity contribution in [1.29, 1.82) is 0 Å². The number of amides is 1. The van der Waals surface area contributed by atoms with Gasteiger partial charge in [0.2, 0.25) is 5.91 Å². The lowest BCUT2D eigenvalue weighted by atomic mass is 10.3. The summed E-state index contributed by atoms with van der Waals surface area (Å²) in [5.74, 6) is 1.03. The predicted octanol–water partition coefficient (Wildman–Crippen LogP) is 4.72. The molecule has 0 aliphatic carbocycles. The van der Waals surface area contributed by atoms with Gasteiger partial charge in [0.1, 0.15) is 5.52 Å². The van der Waals surface area contributed by atoms with E-state index in [1.807, 2.05) is 30.3 Å². The molecule has 0 aliphatic heterocycles. The number of hydrogen-bond acceptors (Lipinski definition) is 7. The van der Waals surface area contributed by atoms with E-state index >= 15 is 0 Å². The number of nitro groups is 1. The third-order valence-corrected chi connectivity index (χ3v) is 5.70. The minimum absolute atomic E-state index is 0.0705. The Bertz CT molecular complexity index is 960. The number of anilines is 1. The number of carbonyl (C=O) groups excluding carboxylic acids is 1. The summed E-state index contributed by atoms with van der Waals surface area (Å²) in [6.07, 6.45) is 1.12. The molecule has 0 spiro atoms. The van der Waals surface area contributed by atoms with Crippen molar-refractivity contribution >= 4 is 50.0 Å². The summed E-state index contributed by atoms with van der Waals surface area (Å²) in [5, 5.41) is 14.2. The second-order valence-electron chi connectivity index (χ2n) is 5.58. The number of thiazole rings is 1. The molecule has 0 saturated heterocycles. The highest BCUT2D eigenvalue weighted by Crippen LogP contribution is 2.36. The number of nitrogens with one attached hydrogen (secondary N) is 1. The van der Waals surface area contributed by atoms with Gasteiger partial charge in [-0.3, -0.25) is 14.9 Å². The fourth-order valence-corrected chi connectivity index (χ4v) is 4.23. The molecule has 0 saturated carbocycles. The number of rotatable bonds is 8. The van der Waals surface area contributed by atoms with Crippen LogP contribution in [0, 0.1) is 10.1 Å². The molecule has 0 atom stereocenters. The Hall–Kier alpha value is -2.65. The lowest BCUT2D eigenvalue weighted by Crippen LogP contribution is -2.11. The Morgan fingerprint density at radius 1 is 1.33 bits per heavy atom. The van der Waals surface area contributed by atoms with E-state index in [2.05, 4.69) is 10.3 Å². The van der Waals surface area contributed by atoms with Crippen molar-refractivity contribution in [2.45, 2.75) is 17.7 Å². The summed E-state index contributed by atoms with van der Waals surface area (Å²) in [7, 11) is 1.43. The van der Waals surface area contributed by atoms with E-state index in [9.17, 15) is 14.9 Å². The van der Waals surface area contributed by atoms with Crippen molar-refractivity contribution in [3.63, 3.8) is 0 Å². The highest BCUT2D eigenvalue weighted by molar-refractivity contribution is 7.99. The molecule has 1 aromatic heterocycles. The number of nitrogens with zero attached hydrogens (tertiary/aromatic N) is 2. The van der Waals surface area contributed by atoms with Crippen LogP contribution in [-0.4, -0.2) is 28.7 Å². The first-order valence-corrected chi connectivity index (χ1v) is 9.97. The first-order valence-electron chi connectivity index (χ1n) is 8.17. The number of ether oxygens (including phenoxy) is 1. The Labute approximate surface area is 163 Å². The third kappa shape index (κ3) is 4.95. The van der Waals surface area contributed by atoms with Crippen molar-refractivity contribution in [3.8, 4) is 5.75 Å². The predicted molar refractivity (Wildman–Crippen MR) is 108 cm³/mol. The van der Waals surface area contributed by atoms with Gasteiger partial charge in [-0.1, -0.05) is 29.5 Å². The van der Waals surface area contributed by atoms with Crippen molar-refractivity contribution in [1.82, 2.24) is 4.98 Å². The monoisotopic (exact) mass is 403 g/mol. The maximum Gasteiger partial charge on any atom is 0.274 e. The van der Waals surface area contributed by atoms with E-state index in [-0.39, 0.29) is 11.6 Å². The summed E-state index contributed by atoms with van der Waals surface area (Å²) in [4.78, 5) is 28.2. The number of hydrogen-bond donors (Lipinski definition) is 1. The van der Waals surface area contributed by atoms with Crippen molar-refractivity contribution in [2.75, 3.05) is 18.2 Å². The zero-order chi connectivity index (χ0) is 19.2. The van der Waals surface area contributed by atoms with E-state index in [1.54, 1.807) is 11.8 Å². The van der Waals surface area contributed by atoms with Gasteiger partial charge in [0.25, 0.3) is 5.69 Å². The summed E-state index contributed by atoms with van der Waals surface area (Å²) in [6, 6.07) is 12.8. The van der Waals surface area contributed by atoms with Crippen LogP contribution in [-0.2, 0) is 4.79 Å². The molecule has 140 valence electrons. The lowest BCUT2D eigenvalue weighted by molar-refractivity contribution is -0.384. The Morgan fingerprint density at radius 3 is 2.81 bits per heavy atom. The largest absolute Gasteiger partial charge is 0.494 e. The quantitative estimate of drug-likeness (QED) is 0.253. The smallest absolute Gasteiger partial charge is 0.274 e. The van der Waals surface area contributed by atoms with Crippen LogP contribution in [0.3, 0.4) is 0 Å². The van der Waals surface area contributed by atoms with Gasteiger partial charge in [0.05, 0.1) is 22.8 Å². The molecular weight excluding hydrogens is 386 g/mol. The maximum atomic E-state index is 12.1. The van der Waals surface area contributed by atoms with Gasteiger partial charge >= 0.3 is 0 Å². The molecule has 0 aliphatic rings. The topological polar surface area (TPSA) is 94.4 Å². The van der Waals surface area contributed by atoms with Crippen LogP contribution in [0.25, 0.3) is 10.2 Å². The molecule has 1 heterocycles. The second kappa shape index (κ2) is 8.83. The van der Waals surface area contributed by atoms with Gasteiger partial charge in [-0.25, -0.2) is 4.98 Å². The number of aromatic nitrogens is 1. The molecule has 7 nitrogen and oxygen atoms in total. The van der Waals surface area contributed by atoms with Gasteiger partial charge in [-0.2, -0.15) is 0 Å². The molecule has 3 aromatic rings. The Morgan fingerprint density at radius 2 is 2.11 bits per heavy atom. The van der Waals surface area contributed by atoms with Crippen molar-refractivity contribution in [3.05, 3.63) is 52.6 Å². The Kier molecular flexibility index (Phi) is 6.25. The van der Waals surface area contributed by atoms with Crippen LogP contribution in [0.15, 0.2) is 47.4 Å². The first-order chi connectivity index (χ1) is 13.1. The van der Waals surface area contributed by atoms with Gasteiger partial charge in [0, 0.05) is 17.4 Å². The summed E-state index contributed by atoms with van der Waals surface area (Å²) < 4.78 is 5.78. The number of fused-ring (bicyclic) bond motifs is 1. The normalized spacial score (nSPS) is 10.7. The molecule has 2 aromatic carbocycles. The SMILES string of the molecule is COc1cc([N+](=O)[O-])cc2sc(NC(=O)CCCSc3ccccc3)nc12. The first kappa shape index (κ1) is 19.1. The van der Waals surface area contributed by atoms with Gasteiger partial charge in [-0.15, -0.1) is 11.8 Å². The molecule has 0 unspecified atom stereocenters. The molecule has 0 bridgehead atoms. The fraction of sp³-hybridized carbons (Fsp3) is 0.222. The molecular formula is C18H17N3O4S2. The highest BCUT2D eigenvalue weighted by Gasteiger charge is 2.17. The number of methoxy groups -OCH3 is 1. The van der Waals surface area contributed by atoms with Crippen LogP contribution < -0.4 is 10.1 Å². The zero-order valence-electron chi connectivity index (χ0n) is 14.5. The summed E-state index contributed by atoms with van der Waals surface area (Å²) >= 11 is 2.90. The van der Waals surface area contributed by atoms with Gasteiger partial charge in [-0.05, 0) is 24.3 Å². The average molecular weight is 403 g/mol. The minimum atomic E-state index is -0.482. The molecule has 27 heavy (non-hydrogen) atoms. The average Bonchev–Trinajstić information content (AvgIpc) is 3.07. The lowest BCUT2D eigenvalue weighted by Gasteiger charge is -2.02. The van der Waals surface area contributed by atoms with Crippen molar-refractivity contribution in [2.24, 2.45) is 0 Å². The molecule has 9 heteroatoms. The second-order valence-corrected chi connectivity index (χ2v) is 7.78. The molecule has 1 N–H and O–H groups in total. The number of nitro benzene ring substituents is 1. The van der Waals surface area contributed by atoms with Crippen LogP contribution in [0.2, 0.25) is 0 Å². The van der Waals surface area contributed by atoms with E-state index in [0.717, 1.165) is 12.2 Å². The van der Waals surface area contributed by atoms with Crippen LogP contribution in [0.5, 0.6) is 5.75 Å². The number of non-ortho nitro benzene ring substituents is 1. The number of thioether (sulfide) groups is 1. The fourth-order valence-electron chi connectivity index (χ4n) is 2.42. The highest BCUT2D eigenvalue weighted by atomic mass is 32.2. The summed E-state index contributed by atoms with van der Waals surface area (Å²) in [5.41, 5.74) is 0.432. The van der Waals surface area contributed by atoms with Crippen LogP contribution >= 0.6 is 23.1 Å². The van der Waals surface area contributed by atoms with Crippen LogP contribution in [0.4, 0.5) is 10.8 Å². The van der Waals surface area contributed by atoms with E-state index in [0.29, 0.717) is 27.5 Å². The zero-order valence-corrected chi connectivity index (χ0v) is 16.1. The van der Waals surface area contributed by atoms with Crippen LogP contribution in [0.1, 0.15) is 12.8 Å². The standard InChI is InChI=1S/C18H17N3O4S2/c1-25-14-10-12(21(23)24)11-15-17(14)20-18(27-15)19-16(22)8-5-9-26-13-6-3-2-4-7-13/h2-4,6-7,10-11H,5,8-9H2,1H3,(H,19,20,22). The summed E-state index contributed by atoms with van der Waals surface area (Å²) in [6.45, 7) is 0. The molecule has 0 radical (unpaired) electrons. The molecule has 1 amide bonds. The van der Waals surface area contributed by atoms with E-state index in [1.165, 1.54) is 35.5 Å². The van der Waals surface area contributed by atoms with Gasteiger partial charge in [0.15, 0.2) is 10.9 Å². The number of carbonyl (C=O) groups is 1. The molecule has 3 rings (SSSR count). The van der Waals surface area contributed by atoms with Crippen molar-refractivity contribution < 1.29 is 14.5 Å². The maximum absolute atomic E-state index is 12.1. The van der Waals surface area contributed by atoms with E-state index in [4.69, 9.17) is 4.74 Å². The Balaban J connectivity index is 1.59.